The average molecular weight is 320 g/mol. The zero-order valence-electron chi connectivity index (χ0n) is 13.6. The Morgan fingerprint density at radius 2 is 2.00 bits per heavy atom. The van der Waals surface area contributed by atoms with E-state index in [1.54, 1.807) is 0 Å². The highest BCUT2D eigenvalue weighted by Crippen LogP contribution is 2.19. The molecule has 1 aliphatic rings. The van der Waals surface area contributed by atoms with E-state index in [9.17, 15) is 9.59 Å². The van der Waals surface area contributed by atoms with Crippen molar-refractivity contribution in [3.8, 4) is 0 Å². The first-order valence-electron chi connectivity index (χ1n) is 7.49. The Hall–Kier alpha value is -0.810. The van der Waals surface area contributed by atoms with Crippen molar-refractivity contribution in [3.05, 3.63) is 0 Å². The summed E-state index contributed by atoms with van der Waals surface area (Å²) in [4.78, 5) is 25.7. The maximum Gasteiger partial charge on any atom is 0.241 e. The Morgan fingerprint density at radius 1 is 1.38 bits per heavy atom. The van der Waals surface area contributed by atoms with Crippen molar-refractivity contribution in [1.82, 2.24) is 10.2 Å². The van der Waals surface area contributed by atoms with E-state index < -0.39 is 0 Å². The Kier molecular flexibility index (Phi) is 8.26. The predicted molar refractivity (Wildman–Crippen MR) is 87.3 cm³/mol. The fourth-order valence-electron chi connectivity index (χ4n) is 2.50. The van der Waals surface area contributed by atoms with Gasteiger partial charge in [0.2, 0.25) is 11.8 Å². The summed E-state index contributed by atoms with van der Waals surface area (Å²) in [6, 6.07) is 0.112. The van der Waals surface area contributed by atoms with E-state index in [4.69, 9.17) is 5.73 Å². The van der Waals surface area contributed by atoms with Gasteiger partial charge >= 0.3 is 0 Å². The highest BCUT2D eigenvalue weighted by atomic mass is 35.5. The van der Waals surface area contributed by atoms with Gasteiger partial charge in [-0.05, 0) is 31.1 Å². The van der Waals surface area contributed by atoms with Crippen molar-refractivity contribution in [2.24, 2.45) is 17.1 Å². The van der Waals surface area contributed by atoms with Gasteiger partial charge in [0, 0.05) is 25.6 Å². The third kappa shape index (κ3) is 7.67. The predicted octanol–water partition coefficient (Wildman–Crippen LogP) is 1.55. The topological polar surface area (TPSA) is 75.4 Å². The van der Waals surface area contributed by atoms with Gasteiger partial charge in [-0.2, -0.15) is 0 Å². The molecule has 1 fully saturated rings. The van der Waals surface area contributed by atoms with Crippen LogP contribution < -0.4 is 11.1 Å². The average Bonchev–Trinajstić information content (AvgIpc) is 2.34. The van der Waals surface area contributed by atoms with Crippen molar-refractivity contribution in [2.45, 2.75) is 53.0 Å². The van der Waals surface area contributed by atoms with Gasteiger partial charge in [-0.3, -0.25) is 9.59 Å². The van der Waals surface area contributed by atoms with Crippen molar-refractivity contribution < 1.29 is 9.59 Å². The van der Waals surface area contributed by atoms with Gasteiger partial charge < -0.3 is 16.0 Å². The number of carbonyl (C=O) groups is 2. The quantitative estimate of drug-likeness (QED) is 0.825. The molecule has 2 amide bonds. The molecule has 0 radical (unpaired) electrons. The molecule has 0 bridgehead atoms. The zero-order valence-corrected chi connectivity index (χ0v) is 14.5. The fourth-order valence-corrected chi connectivity index (χ4v) is 2.50. The van der Waals surface area contributed by atoms with Gasteiger partial charge in [-0.1, -0.05) is 20.8 Å². The van der Waals surface area contributed by atoms with Crippen LogP contribution in [-0.4, -0.2) is 42.4 Å². The molecule has 1 rings (SSSR count). The van der Waals surface area contributed by atoms with Crippen LogP contribution in [0, 0.1) is 11.3 Å². The molecule has 0 spiro atoms. The van der Waals surface area contributed by atoms with Crippen LogP contribution in [0.3, 0.4) is 0 Å². The largest absolute Gasteiger partial charge is 0.347 e. The molecule has 0 aliphatic carbocycles. The minimum Gasteiger partial charge on any atom is -0.347 e. The summed E-state index contributed by atoms with van der Waals surface area (Å²) in [5.41, 5.74) is 5.86. The van der Waals surface area contributed by atoms with Crippen molar-refractivity contribution in [2.75, 3.05) is 19.6 Å². The number of carbonyl (C=O) groups excluding carboxylic acids is 2. The molecular weight excluding hydrogens is 290 g/mol. The fraction of sp³-hybridized carbons (Fsp3) is 0.867. The lowest BCUT2D eigenvalue weighted by Gasteiger charge is -2.34. The molecule has 0 saturated carbocycles. The van der Waals surface area contributed by atoms with Crippen LogP contribution in [0.2, 0.25) is 0 Å². The summed E-state index contributed by atoms with van der Waals surface area (Å²) in [5, 5.41) is 2.72. The summed E-state index contributed by atoms with van der Waals surface area (Å²) in [6.45, 7) is 9.60. The second-order valence-corrected chi connectivity index (χ2v) is 7.12. The van der Waals surface area contributed by atoms with Crippen molar-refractivity contribution in [3.63, 3.8) is 0 Å². The van der Waals surface area contributed by atoms with E-state index in [1.807, 2.05) is 32.6 Å². The van der Waals surface area contributed by atoms with Crippen LogP contribution in [0.15, 0.2) is 0 Å². The van der Waals surface area contributed by atoms with Crippen LogP contribution in [0.1, 0.15) is 47.0 Å². The number of nitrogens with one attached hydrogen (secondary N) is 1. The van der Waals surface area contributed by atoms with Crippen LogP contribution in [0.5, 0.6) is 0 Å². The van der Waals surface area contributed by atoms with E-state index in [2.05, 4.69) is 5.32 Å². The molecule has 3 N–H and O–H groups in total. The summed E-state index contributed by atoms with van der Waals surface area (Å²) in [7, 11) is 0. The molecule has 1 heterocycles. The molecule has 6 heteroatoms. The van der Waals surface area contributed by atoms with Gasteiger partial charge in [0.15, 0.2) is 0 Å². The number of piperidine rings is 1. The Bertz CT molecular complexity index is 353. The molecule has 0 aromatic rings. The molecule has 2 atom stereocenters. The first kappa shape index (κ1) is 20.2. The van der Waals surface area contributed by atoms with E-state index in [0.717, 1.165) is 19.4 Å². The minimum absolute atomic E-state index is 0. The number of halogens is 1. The number of nitrogens with zero attached hydrogens (tertiary/aromatic N) is 1. The highest BCUT2D eigenvalue weighted by molar-refractivity contribution is 5.85. The van der Waals surface area contributed by atoms with Crippen LogP contribution in [-0.2, 0) is 9.59 Å². The molecule has 124 valence electrons. The zero-order chi connectivity index (χ0) is 15.3. The molecule has 21 heavy (non-hydrogen) atoms. The molecule has 1 aliphatic heterocycles. The second-order valence-electron chi connectivity index (χ2n) is 7.12. The smallest absolute Gasteiger partial charge is 0.241 e. The normalized spacial score (nSPS) is 20.4. The van der Waals surface area contributed by atoms with Gasteiger partial charge in [-0.25, -0.2) is 0 Å². The number of likely N-dealkylation sites (tertiary alicyclic amines) is 1. The molecular formula is C15H30ClN3O2. The first-order valence-corrected chi connectivity index (χ1v) is 7.49. The van der Waals surface area contributed by atoms with Gasteiger partial charge in [-0.15, -0.1) is 12.4 Å². The third-order valence-corrected chi connectivity index (χ3v) is 3.68. The number of hydrogen-bond acceptors (Lipinski definition) is 3. The molecule has 2 unspecified atom stereocenters. The standard InChI is InChI=1S/C15H29N3O2.ClH/c1-11(16)12-6-5-7-18(10-12)14(20)9-17-13(19)8-15(2,3)4;/h11-12H,5-10,16H2,1-4H3,(H,17,19);1H. The summed E-state index contributed by atoms with van der Waals surface area (Å²) >= 11 is 0. The highest BCUT2D eigenvalue weighted by Gasteiger charge is 2.26. The monoisotopic (exact) mass is 319 g/mol. The molecule has 1 saturated heterocycles. The summed E-state index contributed by atoms with van der Waals surface area (Å²) in [6.07, 6.45) is 2.51. The van der Waals surface area contributed by atoms with Crippen LogP contribution in [0.4, 0.5) is 0 Å². The number of nitrogens with two attached hydrogens (primary N) is 1. The van der Waals surface area contributed by atoms with E-state index in [-0.39, 0.29) is 42.2 Å². The van der Waals surface area contributed by atoms with Crippen LogP contribution >= 0.6 is 12.4 Å². The van der Waals surface area contributed by atoms with Gasteiger partial charge in [0.25, 0.3) is 0 Å². The minimum atomic E-state index is -0.0633. The number of hydrogen-bond donors (Lipinski definition) is 2. The second kappa shape index (κ2) is 8.59. The lowest BCUT2D eigenvalue weighted by molar-refractivity contribution is -0.134. The van der Waals surface area contributed by atoms with E-state index >= 15 is 0 Å². The van der Waals surface area contributed by atoms with Gasteiger partial charge in [0.05, 0.1) is 6.54 Å². The first-order chi connectivity index (χ1) is 9.19. The van der Waals surface area contributed by atoms with E-state index in [0.29, 0.717) is 18.9 Å². The van der Waals surface area contributed by atoms with Gasteiger partial charge in [0.1, 0.15) is 0 Å². The number of amides is 2. The molecule has 0 aromatic carbocycles. The maximum atomic E-state index is 12.1. The maximum absolute atomic E-state index is 12.1. The molecule has 5 nitrogen and oxygen atoms in total. The summed E-state index contributed by atoms with van der Waals surface area (Å²) in [5.74, 6) is 0.308. The van der Waals surface area contributed by atoms with Crippen molar-refractivity contribution >= 4 is 24.2 Å². The third-order valence-electron chi connectivity index (χ3n) is 3.68. The lowest BCUT2D eigenvalue weighted by Crippen LogP contribution is -2.48. The lowest BCUT2D eigenvalue weighted by atomic mass is 9.92. The van der Waals surface area contributed by atoms with E-state index in [1.165, 1.54) is 0 Å². The molecule has 0 aromatic heterocycles. The SMILES string of the molecule is CC(N)C1CCCN(C(=O)CNC(=O)CC(C)(C)C)C1.Cl. The van der Waals surface area contributed by atoms with Crippen LogP contribution in [0.25, 0.3) is 0 Å². The Morgan fingerprint density at radius 3 is 2.52 bits per heavy atom. The number of rotatable bonds is 4. The Balaban J connectivity index is 0.00000400. The Labute approximate surface area is 134 Å². The summed E-state index contributed by atoms with van der Waals surface area (Å²) < 4.78 is 0. The van der Waals surface area contributed by atoms with Crippen molar-refractivity contribution in [1.29, 1.82) is 0 Å².